The van der Waals surface area contributed by atoms with E-state index >= 15 is 0 Å². The molecule has 2 fully saturated rings. The van der Waals surface area contributed by atoms with E-state index in [1.165, 1.54) is 13.2 Å². The molecule has 2 heterocycles. The molecule has 35 heavy (non-hydrogen) atoms. The van der Waals surface area contributed by atoms with E-state index in [9.17, 15) is 24.6 Å². The highest BCUT2D eigenvalue weighted by molar-refractivity contribution is 6.31. The van der Waals surface area contributed by atoms with Crippen molar-refractivity contribution in [3.63, 3.8) is 0 Å². The minimum atomic E-state index is -1.21. The predicted molar refractivity (Wildman–Crippen MR) is 119 cm³/mol. The number of ether oxygens (including phenoxy) is 4. The molecule has 4 aliphatic rings. The Morgan fingerprint density at radius 3 is 2.49 bits per heavy atom. The van der Waals surface area contributed by atoms with Crippen LogP contribution in [0.3, 0.4) is 0 Å². The lowest BCUT2D eigenvalue weighted by Crippen LogP contribution is -2.58. The number of hydrogen-bond donors (Lipinski definition) is 2. The molecule has 3 unspecified atom stereocenters. The van der Waals surface area contributed by atoms with Crippen LogP contribution in [0.2, 0.25) is 0 Å². The van der Waals surface area contributed by atoms with E-state index in [1.807, 2.05) is 0 Å². The summed E-state index contributed by atoms with van der Waals surface area (Å²) in [5, 5.41) is 22.8. The number of carbonyl (C=O) groups excluding carboxylic acids is 3. The van der Waals surface area contributed by atoms with Crippen LogP contribution < -0.4 is 4.74 Å². The summed E-state index contributed by atoms with van der Waals surface area (Å²) in [6.07, 6.45) is 1.05. The van der Waals surface area contributed by atoms with Crippen LogP contribution in [-0.4, -0.2) is 59.8 Å². The van der Waals surface area contributed by atoms with Crippen molar-refractivity contribution in [3.05, 3.63) is 51.6 Å². The maximum Gasteiger partial charge on any atom is 0.202 e. The molecule has 2 aliphatic heterocycles. The number of ketones is 3. The standard InChI is InChI=1S/C26H24O9/c1-32-14-6-4-5-12-18(14)24(30)21-20(22(12)28)23(29)13-9-26(16(27)11-34-26)10-15(19(13)25(21)31)35-17-7-2-3-8-33-17/h4-6,15,17,29,31H,2-3,7-11H2,1H3. The minimum absolute atomic E-state index is 0.0278. The van der Waals surface area contributed by atoms with Gasteiger partial charge in [0.25, 0.3) is 0 Å². The van der Waals surface area contributed by atoms with Crippen molar-refractivity contribution in [1.82, 2.24) is 0 Å². The largest absolute Gasteiger partial charge is 0.507 e. The monoisotopic (exact) mass is 480 g/mol. The van der Waals surface area contributed by atoms with Crippen molar-refractivity contribution >= 4 is 17.3 Å². The van der Waals surface area contributed by atoms with Crippen LogP contribution in [0.15, 0.2) is 18.2 Å². The number of Topliss-reactive ketones (excluding diaryl/α,β-unsaturated/α-hetero) is 1. The number of hydrogen-bond acceptors (Lipinski definition) is 9. The SMILES string of the molecule is COc1cccc2c1C(=O)c1c(O)c3c(c(O)c1C2=O)CC1(CC3OC2CCCCO2)OCC1=O. The Bertz CT molecular complexity index is 1290. The molecule has 2 aromatic carbocycles. The molecule has 2 aliphatic carbocycles. The minimum Gasteiger partial charge on any atom is -0.507 e. The number of benzene rings is 2. The second-order valence-electron chi connectivity index (χ2n) is 9.39. The fraction of sp³-hybridized carbons (Fsp3) is 0.423. The van der Waals surface area contributed by atoms with Crippen molar-refractivity contribution in [2.24, 2.45) is 0 Å². The molecule has 2 N–H and O–H groups in total. The molecule has 0 saturated carbocycles. The summed E-state index contributed by atoms with van der Waals surface area (Å²) in [7, 11) is 1.39. The lowest BCUT2D eigenvalue weighted by molar-refractivity contribution is -0.220. The van der Waals surface area contributed by atoms with Gasteiger partial charge in [0.2, 0.25) is 5.78 Å². The van der Waals surface area contributed by atoms with Gasteiger partial charge < -0.3 is 29.2 Å². The zero-order chi connectivity index (χ0) is 24.5. The Balaban J connectivity index is 1.54. The van der Waals surface area contributed by atoms with E-state index in [2.05, 4.69) is 0 Å². The first kappa shape index (κ1) is 22.2. The van der Waals surface area contributed by atoms with E-state index in [4.69, 9.17) is 18.9 Å². The second-order valence-corrected chi connectivity index (χ2v) is 9.39. The third-order valence-corrected chi connectivity index (χ3v) is 7.50. The van der Waals surface area contributed by atoms with Gasteiger partial charge in [0, 0.05) is 36.1 Å². The van der Waals surface area contributed by atoms with Gasteiger partial charge in [-0.2, -0.15) is 0 Å². The smallest absolute Gasteiger partial charge is 0.202 e. The molecule has 2 saturated heterocycles. The van der Waals surface area contributed by atoms with Crippen LogP contribution in [0.4, 0.5) is 0 Å². The lowest BCUT2D eigenvalue weighted by atomic mass is 9.70. The predicted octanol–water partition coefficient (Wildman–Crippen LogP) is 2.75. The summed E-state index contributed by atoms with van der Waals surface area (Å²) in [6, 6.07) is 4.61. The molecule has 6 rings (SSSR count). The molecule has 0 aromatic heterocycles. The highest BCUT2D eigenvalue weighted by Crippen LogP contribution is 2.54. The topological polar surface area (TPSA) is 129 Å². The van der Waals surface area contributed by atoms with Gasteiger partial charge in [-0.3, -0.25) is 14.4 Å². The Labute approximate surface area is 200 Å². The normalized spacial score (nSPS) is 27.2. The van der Waals surface area contributed by atoms with E-state index in [-0.39, 0.29) is 64.4 Å². The Kier molecular flexibility index (Phi) is 5.00. The highest BCUT2D eigenvalue weighted by atomic mass is 16.7. The van der Waals surface area contributed by atoms with Crippen LogP contribution in [0.1, 0.15) is 74.8 Å². The zero-order valence-corrected chi connectivity index (χ0v) is 19.1. The molecule has 0 amide bonds. The first-order valence-corrected chi connectivity index (χ1v) is 11.7. The van der Waals surface area contributed by atoms with Gasteiger partial charge in [0.05, 0.1) is 29.9 Å². The summed E-state index contributed by atoms with van der Waals surface area (Å²) < 4.78 is 22.9. The van der Waals surface area contributed by atoms with Crippen LogP contribution in [0, 0.1) is 0 Å². The van der Waals surface area contributed by atoms with Crippen molar-refractivity contribution < 1.29 is 43.5 Å². The number of carbonyl (C=O) groups is 3. The Hall–Kier alpha value is -3.27. The summed E-state index contributed by atoms with van der Waals surface area (Å²) in [4.78, 5) is 39.6. The van der Waals surface area contributed by atoms with E-state index in [0.29, 0.717) is 13.0 Å². The van der Waals surface area contributed by atoms with Gasteiger partial charge in [-0.05, 0) is 25.3 Å². The first-order valence-electron chi connectivity index (χ1n) is 11.7. The molecule has 0 bridgehead atoms. The molecule has 9 nitrogen and oxygen atoms in total. The summed E-state index contributed by atoms with van der Waals surface area (Å²) in [5.41, 5.74) is -1.34. The number of fused-ring (bicyclic) bond motifs is 3. The third-order valence-electron chi connectivity index (χ3n) is 7.50. The summed E-state index contributed by atoms with van der Waals surface area (Å²) >= 11 is 0. The van der Waals surface area contributed by atoms with Gasteiger partial charge >= 0.3 is 0 Å². The van der Waals surface area contributed by atoms with Crippen LogP contribution >= 0.6 is 0 Å². The average molecular weight is 480 g/mol. The number of phenolic OH excluding ortho intramolecular Hbond substituents is 2. The van der Waals surface area contributed by atoms with E-state index in [1.54, 1.807) is 12.1 Å². The number of phenols is 2. The van der Waals surface area contributed by atoms with Gasteiger partial charge in [0.15, 0.2) is 17.9 Å². The molecule has 2 aromatic rings. The summed E-state index contributed by atoms with van der Waals surface area (Å²) in [5.74, 6) is -2.08. The van der Waals surface area contributed by atoms with Crippen LogP contribution in [0.5, 0.6) is 17.2 Å². The van der Waals surface area contributed by atoms with Crippen molar-refractivity contribution in [2.75, 3.05) is 20.3 Å². The first-order chi connectivity index (χ1) is 16.9. The number of aromatic hydroxyl groups is 2. The molecule has 9 heteroatoms. The fourth-order valence-corrected chi connectivity index (χ4v) is 5.68. The van der Waals surface area contributed by atoms with Gasteiger partial charge in [-0.15, -0.1) is 0 Å². The van der Waals surface area contributed by atoms with Crippen molar-refractivity contribution in [3.8, 4) is 17.2 Å². The van der Waals surface area contributed by atoms with E-state index in [0.717, 1.165) is 12.8 Å². The van der Waals surface area contributed by atoms with Crippen LogP contribution in [0.25, 0.3) is 0 Å². The van der Waals surface area contributed by atoms with Gasteiger partial charge in [-0.25, -0.2) is 0 Å². The Morgan fingerprint density at radius 1 is 1.03 bits per heavy atom. The van der Waals surface area contributed by atoms with Crippen molar-refractivity contribution in [1.29, 1.82) is 0 Å². The maximum absolute atomic E-state index is 13.6. The van der Waals surface area contributed by atoms with Crippen molar-refractivity contribution in [2.45, 2.75) is 50.1 Å². The zero-order valence-electron chi connectivity index (χ0n) is 19.1. The molecular formula is C26H24O9. The summed E-state index contributed by atoms with van der Waals surface area (Å²) in [6.45, 7) is 0.472. The third kappa shape index (κ3) is 3.08. The fourth-order valence-electron chi connectivity index (χ4n) is 5.68. The van der Waals surface area contributed by atoms with Gasteiger partial charge in [0.1, 0.15) is 29.5 Å². The van der Waals surface area contributed by atoms with Gasteiger partial charge in [-0.1, -0.05) is 12.1 Å². The van der Waals surface area contributed by atoms with Crippen LogP contribution in [-0.2, 0) is 25.4 Å². The Morgan fingerprint density at radius 2 is 1.83 bits per heavy atom. The average Bonchev–Trinajstić information content (AvgIpc) is 2.88. The number of rotatable bonds is 3. The molecule has 1 spiro atoms. The molecule has 3 atom stereocenters. The quantitative estimate of drug-likeness (QED) is 0.544. The number of methoxy groups -OCH3 is 1. The molecule has 182 valence electrons. The lowest BCUT2D eigenvalue weighted by Gasteiger charge is -2.47. The second kappa shape index (κ2) is 7.87. The molecular weight excluding hydrogens is 456 g/mol. The molecule has 0 radical (unpaired) electrons. The maximum atomic E-state index is 13.6. The van der Waals surface area contributed by atoms with E-state index < -0.39 is 41.1 Å². The highest BCUT2D eigenvalue weighted by Gasteiger charge is 2.55.